The number of methoxy groups -OCH3 is 1. The molecule has 2 bridgehead atoms. The maximum absolute atomic E-state index is 13.9. The minimum Gasteiger partial charge on any atom is -0.393 e. The number of ether oxygens (including phenoxy) is 1. The van der Waals surface area contributed by atoms with Crippen molar-refractivity contribution in [3.63, 3.8) is 0 Å². The number of carbonyl (C=O) groups is 1. The van der Waals surface area contributed by atoms with Gasteiger partial charge in [0.15, 0.2) is 0 Å². The Morgan fingerprint density at radius 1 is 1.28 bits per heavy atom. The van der Waals surface area contributed by atoms with Gasteiger partial charge in [0.25, 0.3) is 0 Å². The standard InChI is InChI=1S/C23H37N3O3/c1-15-6-8-23-9-7-17(29-5)19(23)22(15,4)18(27)14-21(3,20(28)16(23)2)10-12-26-13-11-24-25-26/h11,13,15-19,27H,6-10,12,14H2,1-5H3/t15-,16+,17-,18-,19?,21-,22+,23?/m1/s1. The maximum Gasteiger partial charge on any atom is 0.142 e. The van der Waals surface area contributed by atoms with Gasteiger partial charge in [0.2, 0.25) is 0 Å². The summed E-state index contributed by atoms with van der Waals surface area (Å²) in [4.78, 5) is 13.9. The number of Topliss-reactive ketones (excluding diaryl/α,β-unsaturated/α-hetero) is 1. The molecule has 0 amide bonds. The van der Waals surface area contributed by atoms with Crippen LogP contribution in [0.2, 0.25) is 0 Å². The number of hydrogen-bond acceptors (Lipinski definition) is 5. The molecule has 0 spiro atoms. The summed E-state index contributed by atoms with van der Waals surface area (Å²) in [6.07, 6.45) is 8.46. The molecule has 1 heterocycles. The van der Waals surface area contributed by atoms with E-state index in [0.29, 0.717) is 31.1 Å². The third-order valence-electron chi connectivity index (χ3n) is 9.54. The number of carbonyl (C=O) groups excluding carboxylic acids is 1. The van der Waals surface area contributed by atoms with Crippen LogP contribution < -0.4 is 0 Å². The fourth-order valence-electron chi connectivity index (χ4n) is 7.47. The number of aromatic nitrogens is 3. The van der Waals surface area contributed by atoms with Crippen LogP contribution in [0.15, 0.2) is 12.4 Å². The van der Waals surface area contributed by atoms with E-state index in [0.717, 1.165) is 25.7 Å². The van der Waals surface area contributed by atoms with Crippen molar-refractivity contribution < 1.29 is 14.6 Å². The van der Waals surface area contributed by atoms with E-state index in [-0.39, 0.29) is 28.8 Å². The average molecular weight is 404 g/mol. The lowest BCUT2D eigenvalue weighted by molar-refractivity contribution is -0.192. The summed E-state index contributed by atoms with van der Waals surface area (Å²) in [6, 6.07) is 0. The lowest BCUT2D eigenvalue weighted by Crippen LogP contribution is -2.62. The fraction of sp³-hybridized carbons (Fsp3) is 0.870. The van der Waals surface area contributed by atoms with Gasteiger partial charge >= 0.3 is 0 Å². The predicted molar refractivity (Wildman–Crippen MR) is 110 cm³/mol. The predicted octanol–water partition coefficient (Wildman–Crippen LogP) is 3.49. The van der Waals surface area contributed by atoms with Gasteiger partial charge in [0.1, 0.15) is 5.78 Å². The van der Waals surface area contributed by atoms with Crippen LogP contribution in [0.5, 0.6) is 0 Å². The van der Waals surface area contributed by atoms with Crippen molar-refractivity contribution in [2.24, 2.45) is 34.0 Å². The molecule has 4 rings (SSSR count). The van der Waals surface area contributed by atoms with E-state index in [4.69, 9.17) is 4.74 Å². The maximum atomic E-state index is 13.9. The Kier molecular flexibility index (Phi) is 5.18. The number of aryl methyl sites for hydroxylation is 1. The second kappa shape index (κ2) is 7.16. The number of aliphatic hydroxyl groups excluding tert-OH is 1. The van der Waals surface area contributed by atoms with E-state index in [1.807, 2.05) is 6.20 Å². The van der Waals surface area contributed by atoms with Crippen LogP contribution in [0.3, 0.4) is 0 Å². The van der Waals surface area contributed by atoms with Gasteiger partial charge in [0.05, 0.1) is 18.4 Å². The molecule has 0 saturated heterocycles. The Morgan fingerprint density at radius 2 is 2.00 bits per heavy atom. The van der Waals surface area contributed by atoms with Gasteiger partial charge in [-0.1, -0.05) is 32.9 Å². The molecular formula is C23H37N3O3. The summed E-state index contributed by atoms with van der Waals surface area (Å²) < 4.78 is 7.75. The van der Waals surface area contributed by atoms with E-state index in [1.54, 1.807) is 18.0 Å². The lowest BCUT2D eigenvalue weighted by atomic mass is 9.44. The molecule has 8 atom stereocenters. The smallest absolute Gasteiger partial charge is 0.142 e. The molecular weight excluding hydrogens is 366 g/mol. The summed E-state index contributed by atoms with van der Waals surface area (Å²) >= 11 is 0. The minimum absolute atomic E-state index is 0.0206. The SMILES string of the molecule is CO[C@@H]1CCC23CC[C@@H](C)[C@](C)(C12)[C@H](O)C[C@@](C)(CCn1ccnn1)C(=O)[C@@H]3C. The second-order valence-corrected chi connectivity index (χ2v) is 10.6. The number of ketones is 1. The van der Waals surface area contributed by atoms with Crippen molar-refractivity contribution in [1.29, 1.82) is 0 Å². The zero-order valence-corrected chi connectivity index (χ0v) is 18.6. The van der Waals surface area contributed by atoms with Crippen LogP contribution in [-0.2, 0) is 16.1 Å². The first kappa shape index (κ1) is 21.0. The lowest BCUT2D eigenvalue weighted by Gasteiger charge is -2.61. The average Bonchev–Trinajstić information content (AvgIpc) is 3.36. The number of nitrogens with zero attached hydrogens (tertiary/aromatic N) is 3. The molecule has 2 unspecified atom stereocenters. The van der Waals surface area contributed by atoms with Gasteiger partial charge in [-0.2, -0.15) is 0 Å². The monoisotopic (exact) mass is 403 g/mol. The first-order chi connectivity index (χ1) is 13.7. The van der Waals surface area contributed by atoms with E-state index in [9.17, 15) is 9.90 Å². The molecule has 29 heavy (non-hydrogen) atoms. The molecule has 0 aliphatic heterocycles. The molecule has 6 heteroatoms. The molecule has 3 fully saturated rings. The molecule has 162 valence electrons. The van der Waals surface area contributed by atoms with Crippen LogP contribution in [0.25, 0.3) is 0 Å². The van der Waals surface area contributed by atoms with Crippen molar-refractivity contribution in [2.45, 2.75) is 85.0 Å². The Hall–Kier alpha value is -1.27. The van der Waals surface area contributed by atoms with Crippen LogP contribution in [0, 0.1) is 34.0 Å². The zero-order valence-electron chi connectivity index (χ0n) is 18.6. The van der Waals surface area contributed by atoms with Crippen molar-refractivity contribution in [3.05, 3.63) is 12.4 Å². The molecule has 0 aromatic carbocycles. The van der Waals surface area contributed by atoms with Gasteiger partial charge in [-0.15, -0.1) is 5.10 Å². The van der Waals surface area contributed by atoms with Crippen molar-refractivity contribution in [1.82, 2.24) is 15.0 Å². The second-order valence-electron chi connectivity index (χ2n) is 10.6. The molecule has 1 aromatic rings. The highest BCUT2D eigenvalue weighted by Gasteiger charge is 2.67. The minimum atomic E-state index is -0.563. The Bertz CT molecular complexity index is 753. The van der Waals surface area contributed by atoms with Crippen molar-refractivity contribution >= 4 is 5.78 Å². The highest BCUT2D eigenvalue weighted by Crippen LogP contribution is 2.68. The highest BCUT2D eigenvalue weighted by atomic mass is 16.5. The Balaban J connectivity index is 1.75. The third-order valence-corrected chi connectivity index (χ3v) is 9.54. The highest BCUT2D eigenvalue weighted by molar-refractivity contribution is 5.87. The normalized spacial score (nSPS) is 47.5. The zero-order chi connectivity index (χ0) is 21.0. The summed E-state index contributed by atoms with van der Waals surface area (Å²) in [5, 5.41) is 19.6. The third kappa shape index (κ3) is 2.93. The van der Waals surface area contributed by atoms with E-state index in [2.05, 4.69) is 38.0 Å². The van der Waals surface area contributed by atoms with Crippen molar-refractivity contribution in [3.8, 4) is 0 Å². The number of rotatable bonds is 4. The molecule has 3 aliphatic carbocycles. The summed E-state index contributed by atoms with van der Waals surface area (Å²) in [7, 11) is 1.80. The van der Waals surface area contributed by atoms with Crippen molar-refractivity contribution in [2.75, 3.05) is 7.11 Å². The number of aliphatic hydroxyl groups is 1. The van der Waals surface area contributed by atoms with Gasteiger partial charge in [-0.3, -0.25) is 9.48 Å². The topological polar surface area (TPSA) is 77.2 Å². The van der Waals surface area contributed by atoms with E-state index < -0.39 is 11.5 Å². The Morgan fingerprint density at radius 3 is 2.66 bits per heavy atom. The van der Waals surface area contributed by atoms with E-state index in [1.165, 1.54) is 0 Å². The van der Waals surface area contributed by atoms with E-state index >= 15 is 0 Å². The fourth-order valence-corrected chi connectivity index (χ4v) is 7.47. The molecule has 1 N–H and O–H groups in total. The van der Waals surface area contributed by atoms with Gasteiger partial charge < -0.3 is 9.84 Å². The first-order valence-corrected chi connectivity index (χ1v) is 11.3. The molecule has 1 aromatic heterocycles. The molecule has 3 saturated carbocycles. The summed E-state index contributed by atoms with van der Waals surface area (Å²) in [6.45, 7) is 9.44. The van der Waals surface area contributed by atoms with Crippen LogP contribution >= 0.6 is 0 Å². The Labute approximate surface area is 174 Å². The quantitative estimate of drug-likeness (QED) is 0.833. The van der Waals surface area contributed by atoms with Crippen LogP contribution in [-0.4, -0.2) is 45.2 Å². The summed E-state index contributed by atoms with van der Waals surface area (Å²) in [5.74, 6) is 0.937. The molecule has 3 aliphatic rings. The molecule has 6 nitrogen and oxygen atoms in total. The largest absolute Gasteiger partial charge is 0.393 e. The van der Waals surface area contributed by atoms with Gasteiger partial charge in [-0.25, -0.2) is 0 Å². The summed E-state index contributed by atoms with van der Waals surface area (Å²) in [5.41, 5.74) is -0.861. The first-order valence-electron chi connectivity index (χ1n) is 11.3. The van der Waals surface area contributed by atoms with Gasteiger partial charge in [0, 0.05) is 36.6 Å². The van der Waals surface area contributed by atoms with Crippen LogP contribution in [0.4, 0.5) is 0 Å². The van der Waals surface area contributed by atoms with Gasteiger partial charge in [-0.05, 0) is 55.8 Å². The van der Waals surface area contributed by atoms with Crippen LogP contribution in [0.1, 0.15) is 66.2 Å². The number of hydrogen-bond donors (Lipinski definition) is 1. The molecule has 0 radical (unpaired) electrons.